The first kappa shape index (κ1) is 18.6. The topological polar surface area (TPSA) is 75.4 Å². The van der Waals surface area contributed by atoms with Gasteiger partial charge in [-0.15, -0.1) is 11.8 Å². The van der Waals surface area contributed by atoms with Gasteiger partial charge in [-0.2, -0.15) is 0 Å². The molecule has 0 aliphatic heterocycles. The molecule has 5 nitrogen and oxygen atoms in total. The van der Waals surface area contributed by atoms with Crippen molar-refractivity contribution in [2.24, 2.45) is 5.73 Å². The maximum atomic E-state index is 12.7. The van der Waals surface area contributed by atoms with Crippen LogP contribution in [0.3, 0.4) is 0 Å². The molecule has 1 aliphatic rings. The van der Waals surface area contributed by atoms with Gasteiger partial charge in [0, 0.05) is 23.7 Å². The molecule has 24 heavy (non-hydrogen) atoms. The summed E-state index contributed by atoms with van der Waals surface area (Å²) in [6, 6.07) is 7.72. The molecular formula is C18H27N3O2S. The van der Waals surface area contributed by atoms with Gasteiger partial charge in [-0.3, -0.25) is 9.59 Å². The van der Waals surface area contributed by atoms with Crippen LogP contribution in [0, 0.1) is 0 Å². The molecule has 3 N–H and O–H groups in total. The van der Waals surface area contributed by atoms with Gasteiger partial charge < -0.3 is 16.0 Å². The number of rotatable bonds is 7. The molecule has 1 fully saturated rings. The minimum absolute atomic E-state index is 0.108. The van der Waals surface area contributed by atoms with Crippen LogP contribution in [0.15, 0.2) is 29.2 Å². The lowest BCUT2D eigenvalue weighted by molar-refractivity contribution is -0.133. The van der Waals surface area contributed by atoms with E-state index in [1.54, 1.807) is 0 Å². The third-order valence-corrected chi connectivity index (χ3v) is 5.57. The number of nitrogens with zero attached hydrogens (tertiary/aromatic N) is 1. The van der Waals surface area contributed by atoms with Crippen LogP contribution in [0.2, 0.25) is 0 Å². The maximum Gasteiger partial charge on any atom is 0.244 e. The first-order chi connectivity index (χ1) is 11.5. The van der Waals surface area contributed by atoms with E-state index in [-0.39, 0.29) is 23.6 Å². The van der Waals surface area contributed by atoms with Crippen LogP contribution in [-0.2, 0) is 9.59 Å². The highest BCUT2D eigenvalue weighted by molar-refractivity contribution is 8.00. The number of primary amides is 1. The number of para-hydroxylation sites is 1. The summed E-state index contributed by atoms with van der Waals surface area (Å²) in [6.45, 7) is 1.89. The molecule has 0 heterocycles. The lowest BCUT2D eigenvalue weighted by Crippen LogP contribution is -2.45. The van der Waals surface area contributed by atoms with Crippen LogP contribution in [0.1, 0.15) is 39.0 Å². The van der Waals surface area contributed by atoms with E-state index in [4.69, 9.17) is 5.73 Å². The van der Waals surface area contributed by atoms with E-state index >= 15 is 0 Å². The Kier molecular flexibility index (Phi) is 6.97. The first-order valence-electron chi connectivity index (χ1n) is 8.52. The van der Waals surface area contributed by atoms with Gasteiger partial charge in [0.25, 0.3) is 0 Å². The van der Waals surface area contributed by atoms with Crippen molar-refractivity contribution in [1.29, 1.82) is 0 Å². The average molecular weight is 350 g/mol. The molecule has 0 unspecified atom stereocenters. The molecule has 2 amide bonds. The Hall–Kier alpha value is -1.69. The molecule has 0 radical (unpaired) electrons. The Morgan fingerprint density at radius 3 is 2.62 bits per heavy atom. The van der Waals surface area contributed by atoms with E-state index in [0.717, 1.165) is 23.4 Å². The smallest absolute Gasteiger partial charge is 0.244 e. The van der Waals surface area contributed by atoms with Crippen LogP contribution >= 0.6 is 11.8 Å². The molecule has 6 heteroatoms. The summed E-state index contributed by atoms with van der Waals surface area (Å²) in [7, 11) is 1.91. The third-order valence-electron chi connectivity index (χ3n) is 4.47. The van der Waals surface area contributed by atoms with Crippen LogP contribution in [0.4, 0.5) is 5.69 Å². The molecule has 1 atom stereocenters. The van der Waals surface area contributed by atoms with Crippen molar-refractivity contribution in [3.8, 4) is 0 Å². The normalized spacial score (nSPS) is 16.4. The summed E-state index contributed by atoms with van der Waals surface area (Å²) in [5.74, 6) is -0.0178. The Labute approximate surface area is 148 Å². The maximum absolute atomic E-state index is 12.7. The molecule has 0 saturated heterocycles. The minimum Gasteiger partial charge on any atom is -0.373 e. The SMILES string of the molecule is C[C@@H](Nc1ccccc1SCC(N)=O)C(=O)N(C)C1CCCCC1. The van der Waals surface area contributed by atoms with Crippen LogP contribution < -0.4 is 11.1 Å². The van der Waals surface area contributed by atoms with E-state index in [1.165, 1.54) is 31.0 Å². The zero-order chi connectivity index (χ0) is 17.5. The average Bonchev–Trinajstić information content (AvgIpc) is 2.60. The second-order valence-electron chi connectivity index (χ2n) is 6.36. The van der Waals surface area contributed by atoms with Gasteiger partial charge >= 0.3 is 0 Å². The number of carbonyl (C=O) groups excluding carboxylic acids is 2. The molecule has 1 saturated carbocycles. The zero-order valence-corrected chi connectivity index (χ0v) is 15.3. The summed E-state index contributed by atoms with van der Waals surface area (Å²) in [5, 5.41) is 3.29. The zero-order valence-electron chi connectivity index (χ0n) is 14.5. The van der Waals surface area contributed by atoms with Crippen molar-refractivity contribution in [3.05, 3.63) is 24.3 Å². The molecule has 2 rings (SSSR count). The number of carbonyl (C=O) groups is 2. The number of benzene rings is 1. The van der Waals surface area contributed by atoms with E-state index in [9.17, 15) is 9.59 Å². The van der Waals surface area contributed by atoms with Gasteiger partial charge in [-0.05, 0) is 31.9 Å². The van der Waals surface area contributed by atoms with Crippen LogP contribution in [0.25, 0.3) is 0 Å². The van der Waals surface area contributed by atoms with Crippen LogP contribution in [-0.4, -0.2) is 41.6 Å². The number of nitrogens with two attached hydrogens (primary N) is 1. The number of hydrogen-bond acceptors (Lipinski definition) is 4. The van der Waals surface area contributed by atoms with Crippen molar-refractivity contribution in [2.75, 3.05) is 18.1 Å². The van der Waals surface area contributed by atoms with Gasteiger partial charge in [0.05, 0.1) is 5.75 Å². The highest BCUT2D eigenvalue weighted by Gasteiger charge is 2.25. The highest BCUT2D eigenvalue weighted by Crippen LogP contribution is 2.28. The predicted molar refractivity (Wildman–Crippen MR) is 99.1 cm³/mol. The van der Waals surface area contributed by atoms with Crippen molar-refractivity contribution < 1.29 is 9.59 Å². The fraction of sp³-hybridized carbons (Fsp3) is 0.556. The minimum atomic E-state index is -0.351. The monoisotopic (exact) mass is 349 g/mol. The lowest BCUT2D eigenvalue weighted by atomic mass is 9.94. The molecule has 1 aromatic rings. The van der Waals surface area contributed by atoms with Gasteiger partial charge in [-0.1, -0.05) is 31.4 Å². The summed E-state index contributed by atoms with van der Waals surface area (Å²) < 4.78 is 0. The van der Waals surface area contributed by atoms with E-state index in [2.05, 4.69) is 5.32 Å². The fourth-order valence-corrected chi connectivity index (χ4v) is 3.86. The van der Waals surface area contributed by atoms with Crippen molar-refractivity contribution in [1.82, 2.24) is 4.90 Å². The molecule has 1 aromatic carbocycles. The largest absolute Gasteiger partial charge is 0.373 e. The Morgan fingerprint density at radius 1 is 1.29 bits per heavy atom. The van der Waals surface area contributed by atoms with Gasteiger partial charge in [-0.25, -0.2) is 0 Å². The molecular weight excluding hydrogens is 322 g/mol. The molecule has 1 aliphatic carbocycles. The Morgan fingerprint density at radius 2 is 1.96 bits per heavy atom. The summed E-state index contributed by atoms with van der Waals surface area (Å²) >= 11 is 1.38. The second kappa shape index (κ2) is 8.97. The number of hydrogen-bond donors (Lipinski definition) is 2. The third kappa shape index (κ3) is 5.16. The number of thioether (sulfide) groups is 1. The van der Waals surface area contributed by atoms with Gasteiger partial charge in [0.2, 0.25) is 11.8 Å². The number of nitrogens with one attached hydrogen (secondary N) is 1. The standard InChI is InChI=1S/C18H27N3O2S/c1-13(18(23)21(2)14-8-4-3-5-9-14)20-15-10-6-7-11-16(15)24-12-17(19)22/h6-7,10-11,13-14,20H,3-5,8-9,12H2,1-2H3,(H2,19,22)/t13-/m1/s1. The molecule has 0 aromatic heterocycles. The molecule has 132 valence electrons. The summed E-state index contributed by atoms with van der Waals surface area (Å²) in [4.78, 5) is 26.5. The van der Waals surface area contributed by atoms with E-state index in [1.807, 2.05) is 43.1 Å². The predicted octanol–water partition coefficient (Wildman–Crippen LogP) is 2.86. The number of amides is 2. The number of anilines is 1. The van der Waals surface area contributed by atoms with E-state index < -0.39 is 0 Å². The van der Waals surface area contributed by atoms with Crippen molar-refractivity contribution in [2.45, 2.75) is 56.0 Å². The van der Waals surface area contributed by atoms with E-state index in [0.29, 0.717) is 6.04 Å². The lowest BCUT2D eigenvalue weighted by Gasteiger charge is -2.33. The van der Waals surface area contributed by atoms with Crippen LogP contribution in [0.5, 0.6) is 0 Å². The Balaban J connectivity index is 1.99. The van der Waals surface area contributed by atoms with Gasteiger partial charge in [0.1, 0.15) is 6.04 Å². The Bertz CT molecular complexity index is 573. The van der Waals surface area contributed by atoms with Gasteiger partial charge in [0.15, 0.2) is 0 Å². The molecule has 0 spiro atoms. The summed E-state index contributed by atoms with van der Waals surface area (Å²) in [5.41, 5.74) is 6.08. The number of likely N-dealkylation sites (N-methyl/N-ethyl adjacent to an activating group) is 1. The van der Waals surface area contributed by atoms with Crippen molar-refractivity contribution >= 4 is 29.3 Å². The first-order valence-corrected chi connectivity index (χ1v) is 9.51. The second-order valence-corrected chi connectivity index (χ2v) is 7.38. The fourth-order valence-electron chi connectivity index (χ4n) is 3.11. The summed E-state index contributed by atoms with van der Waals surface area (Å²) in [6.07, 6.45) is 5.88. The highest BCUT2D eigenvalue weighted by atomic mass is 32.2. The molecule has 0 bridgehead atoms. The van der Waals surface area contributed by atoms with Crippen molar-refractivity contribution in [3.63, 3.8) is 0 Å². The quantitative estimate of drug-likeness (QED) is 0.742.